The van der Waals surface area contributed by atoms with Crippen molar-refractivity contribution in [1.82, 2.24) is 19.9 Å². The minimum absolute atomic E-state index is 0.353. The monoisotopic (exact) mass is 358 g/mol. The Morgan fingerprint density at radius 1 is 1.20 bits per heavy atom. The van der Waals surface area contributed by atoms with Crippen molar-refractivity contribution in [2.75, 3.05) is 30.8 Å². The Morgan fingerprint density at radius 3 is 2.72 bits per heavy atom. The first-order chi connectivity index (χ1) is 12.1. The molecule has 0 spiro atoms. The highest BCUT2D eigenvalue weighted by Crippen LogP contribution is 2.34. The third-order valence-corrected chi connectivity index (χ3v) is 4.73. The maximum atomic E-state index is 11.9. The Labute approximate surface area is 148 Å². The van der Waals surface area contributed by atoms with E-state index in [9.17, 15) is 4.79 Å². The summed E-state index contributed by atoms with van der Waals surface area (Å²) in [5.74, 6) is 1.73. The lowest BCUT2D eigenvalue weighted by molar-refractivity contribution is 0.0605. The van der Waals surface area contributed by atoms with Crippen LogP contribution in [0.2, 0.25) is 0 Å². The highest BCUT2D eigenvalue weighted by atomic mass is 32.1. The van der Waals surface area contributed by atoms with Crippen molar-refractivity contribution in [2.24, 2.45) is 0 Å². The standard InChI is InChI=1S/C16H18N6O2S/c1-9-12-14(20-7-6-19-11-8-17-4-5-18-11)21-10(2)22-15(12)25-13(9)16(23)24-3/h4-5,8H,6-7H2,1-3H3,(H,18,19)(H,20,21,22). The number of carbonyl (C=O) groups is 1. The SMILES string of the molecule is COC(=O)c1sc2nc(C)nc(NCCNc3cnccn3)c2c1C. The van der Waals surface area contributed by atoms with E-state index in [1.54, 1.807) is 18.6 Å². The van der Waals surface area contributed by atoms with Crippen molar-refractivity contribution in [3.8, 4) is 0 Å². The summed E-state index contributed by atoms with van der Waals surface area (Å²) in [6, 6.07) is 0. The normalized spacial score (nSPS) is 10.7. The Bertz CT molecular complexity index is 897. The molecule has 3 rings (SSSR count). The molecule has 0 bridgehead atoms. The average molecular weight is 358 g/mol. The second-order valence-corrected chi connectivity index (χ2v) is 6.29. The Morgan fingerprint density at radius 2 is 2.00 bits per heavy atom. The molecule has 0 saturated carbocycles. The minimum Gasteiger partial charge on any atom is -0.465 e. The Hall–Kier alpha value is -2.81. The van der Waals surface area contributed by atoms with Gasteiger partial charge in [0.05, 0.1) is 18.7 Å². The van der Waals surface area contributed by atoms with Crippen LogP contribution >= 0.6 is 11.3 Å². The number of anilines is 2. The van der Waals surface area contributed by atoms with E-state index >= 15 is 0 Å². The summed E-state index contributed by atoms with van der Waals surface area (Å²) >= 11 is 1.32. The van der Waals surface area contributed by atoms with Gasteiger partial charge in [-0.1, -0.05) is 0 Å². The summed E-state index contributed by atoms with van der Waals surface area (Å²) in [6.07, 6.45) is 4.93. The quantitative estimate of drug-likeness (QED) is 0.512. The van der Waals surface area contributed by atoms with Crippen LogP contribution in [0.15, 0.2) is 18.6 Å². The molecule has 0 radical (unpaired) electrons. The molecule has 2 N–H and O–H groups in total. The second-order valence-electron chi connectivity index (χ2n) is 5.29. The van der Waals surface area contributed by atoms with E-state index in [-0.39, 0.29) is 5.97 Å². The molecule has 3 heterocycles. The number of aromatic nitrogens is 4. The molecule has 8 nitrogen and oxygen atoms in total. The number of thiophene rings is 1. The van der Waals surface area contributed by atoms with Gasteiger partial charge in [0.15, 0.2) is 0 Å². The van der Waals surface area contributed by atoms with Crippen LogP contribution < -0.4 is 10.6 Å². The number of hydrogen-bond acceptors (Lipinski definition) is 9. The van der Waals surface area contributed by atoms with Crippen LogP contribution in [-0.2, 0) is 4.74 Å². The van der Waals surface area contributed by atoms with E-state index in [1.807, 2.05) is 13.8 Å². The van der Waals surface area contributed by atoms with Gasteiger partial charge in [0, 0.05) is 25.5 Å². The van der Waals surface area contributed by atoms with Crippen molar-refractivity contribution in [3.63, 3.8) is 0 Å². The number of methoxy groups -OCH3 is 1. The lowest BCUT2D eigenvalue weighted by Gasteiger charge is -2.09. The van der Waals surface area contributed by atoms with Gasteiger partial charge in [0.1, 0.15) is 27.2 Å². The number of esters is 1. The zero-order chi connectivity index (χ0) is 17.8. The lowest BCUT2D eigenvalue weighted by atomic mass is 10.2. The van der Waals surface area contributed by atoms with Crippen LogP contribution in [0, 0.1) is 13.8 Å². The maximum Gasteiger partial charge on any atom is 0.348 e. The molecule has 0 aromatic carbocycles. The molecule has 0 aliphatic heterocycles. The topological polar surface area (TPSA) is 102 Å². The molecule has 0 amide bonds. The van der Waals surface area contributed by atoms with Gasteiger partial charge in [-0.2, -0.15) is 0 Å². The molecule has 0 aliphatic rings. The number of aryl methyl sites for hydroxylation is 2. The van der Waals surface area contributed by atoms with E-state index in [2.05, 4.69) is 30.6 Å². The van der Waals surface area contributed by atoms with Crippen molar-refractivity contribution in [3.05, 3.63) is 34.9 Å². The van der Waals surface area contributed by atoms with Gasteiger partial charge in [-0.25, -0.2) is 19.7 Å². The zero-order valence-corrected chi connectivity index (χ0v) is 15.0. The fourth-order valence-electron chi connectivity index (χ4n) is 2.42. The molecule has 0 aliphatic carbocycles. The van der Waals surface area contributed by atoms with Crippen LogP contribution in [-0.4, -0.2) is 46.1 Å². The van der Waals surface area contributed by atoms with Crippen LogP contribution in [0.25, 0.3) is 10.2 Å². The molecule has 0 atom stereocenters. The van der Waals surface area contributed by atoms with Gasteiger partial charge < -0.3 is 15.4 Å². The maximum absolute atomic E-state index is 11.9. The van der Waals surface area contributed by atoms with Gasteiger partial charge >= 0.3 is 5.97 Å². The van der Waals surface area contributed by atoms with Crippen molar-refractivity contribution in [1.29, 1.82) is 0 Å². The van der Waals surface area contributed by atoms with Crippen LogP contribution in [0.1, 0.15) is 21.1 Å². The van der Waals surface area contributed by atoms with E-state index in [0.29, 0.717) is 35.4 Å². The number of carbonyl (C=O) groups excluding carboxylic acids is 1. The summed E-state index contributed by atoms with van der Waals surface area (Å²) in [4.78, 5) is 30.3. The zero-order valence-electron chi connectivity index (χ0n) is 14.2. The fraction of sp³-hybridized carbons (Fsp3) is 0.312. The smallest absolute Gasteiger partial charge is 0.348 e. The van der Waals surface area contributed by atoms with Crippen LogP contribution in [0.4, 0.5) is 11.6 Å². The average Bonchev–Trinajstić information content (AvgIpc) is 2.95. The number of rotatable bonds is 6. The molecule has 0 unspecified atom stereocenters. The van der Waals surface area contributed by atoms with Gasteiger partial charge in [-0.05, 0) is 19.4 Å². The number of ether oxygens (including phenoxy) is 1. The molecule has 3 aromatic heterocycles. The van der Waals surface area contributed by atoms with E-state index < -0.39 is 0 Å². The predicted octanol–water partition coefficient (Wildman–Crippen LogP) is 2.41. The summed E-state index contributed by atoms with van der Waals surface area (Å²) in [5, 5.41) is 7.33. The fourth-order valence-corrected chi connectivity index (χ4v) is 3.57. The summed E-state index contributed by atoms with van der Waals surface area (Å²) < 4.78 is 4.84. The number of fused-ring (bicyclic) bond motifs is 1. The predicted molar refractivity (Wildman–Crippen MR) is 97.2 cm³/mol. The van der Waals surface area contributed by atoms with Gasteiger partial charge in [-0.3, -0.25) is 4.98 Å². The summed E-state index contributed by atoms with van der Waals surface area (Å²) in [5.41, 5.74) is 0.830. The minimum atomic E-state index is -0.353. The van der Waals surface area contributed by atoms with Crippen molar-refractivity contribution < 1.29 is 9.53 Å². The van der Waals surface area contributed by atoms with E-state index in [4.69, 9.17) is 4.74 Å². The second kappa shape index (κ2) is 7.39. The lowest BCUT2D eigenvalue weighted by Crippen LogP contribution is -2.15. The molecule has 25 heavy (non-hydrogen) atoms. The first-order valence-electron chi connectivity index (χ1n) is 7.70. The molecular formula is C16H18N6O2S. The van der Waals surface area contributed by atoms with Gasteiger partial charge in [0.2, 0.25) is 0 Å². The molecular weight excluding hydrogens is 340 g/mol. The van der Waals surface area contributed by atoms with Crippen LogP contribution in [0.5, 0.6) is 0 Å². The third kappa shape index (κ3) is 3.66. The first kappa shape index (κ1) is 17.0. The summed E-state index contributed by atoms with van der Waals surface area (Å²) in [6.45, 7) is 4.99. The van der Waals surface area contributed by atoms with Crippen molar-refractivity contribution in [2.45, 2.75) is 13.8 Å². The van der Waals surface area contributed by atoms with E-state index in [0.717, 1.165) is 15.8 Å². The Kier molecular flexibility index (Phi) is 5.03. The molecule has 0 fully saturated rings. The molecule has 130 valence electrons. The highest BCUT2D eigenvalue weighted by Gasteiger charge is 2.20. The largest absolute Gasteiger partial charge is 0.465 e. The number of hydrogen-bond donors (Lipinski definition) is 2. The molecule has 0 saturated heterocycles. The molecule has 3 aromatic rings. The van der Waals surface area contributed by atoms with Crippen LogP contribution in [0.3, 0.4) is 0 Å². The number of nitrogens with one attached hydrogen (secondary N) is 2. The first-order valence-corrected chi connectivity index (χ1v) is 8.51. The highest BCUT2D eigenvalue weighted by molar-refractivity contribution is 7.20. The van der Waals surface area contributed by atoms with Gasteiger partial charge in [-0.15, -0.1) is 11.3 Å². The molecule has 9 heteroatoms. The summed E-state index contributed by atoms with van der Waals surface area (Å²) in [7, 11) is 1.38. The van der Waals surface area contributed by atoms with Crippen molar-refractivity contribution >= 4 is 39.2 Å². The van der Waals surface area contributed by atoms with E-state index in [1.165, 1.54) is 18.4 Å². The third-order valence-electron chi connectivity index (χ3n) is 3.56. The van der Waals surface area contributed by atoms with Gasteiger partial charge in [0.25, 0.3) is 0 Å². The number of nitrogens with zero attached hydrogens (tertiary/aromatic N) is 4. The Balaban J connectivity index is 1.78.